The molecule has 2 rings (SSSR count). The number of nitrogens with zero attached hydrogens (tertiary/aromatic N) is 1. The highest BCUT2D eigenvalue weighted by molar-refractivity contribution is 5.90. The van der Waals surface area contributed by atoms with Crippen LogP contribution in [0.15, 0.2) is 34.8 Å². The van der Waals surface area contributed by atoms with Gasteiger partial charge in [0.2, 0.25) is 5.75 Å². The van der Waals surface area contributed by atoms with E-state index in [1.807, 2.05) is 20.8 Å². The Balaban J connectivity index is 2.88. The molecule has 0 amide bonds. The minimum absolute atomic E-state index is 0.119. The van der Waals surface area contributed by atoms with Gasteiger partial charge in [-0.1, -0.05) is 6.92 Å². The van der Waals surface area contributed by atoms with Crippen molar-refractivity contribution in [3.05, 3.63) is 40.4 Å². The number of carbonyl (C=O) groups is 1. The Morgan fingerprint density at radius 2 is 2.04 bits per heavy atom. The summed E-state index contributed by atoms with van der Waals surface area (Å²) in [6, 6.07) is 5.18. The Morgan fingerprint density at radius 3 is 2.61 bits per heavy atom. The van der Waals surface area contributed by atoms with Crippen molar-refractivity contribution in [3.63, 3.8) is 0 Å². The number of carbonyl (C=O) groups excluding carboxylic acids is 1. The van der Waals surface area contributed by atoms with E-state index in [0.29, 0.717) is 35.3 Å². The first-order chi connectivity index (χ1) is 11.1. The first-order valence-corrected chi connectivity index (χ1v) is 7.46. The van der Waals surface area contributed by atoms with E-state index >= 15 is 0 Å². The fraction of sp³-hybridized carbons (Fsp3) is 0.294. The summed E-state index contributed by atoms with van der Waals surface area (Å²) < 4.78 is 12.3. The number of rotatable bonds is 6. The SMILES string of the molecule is CC=C(CC)Oc1c(OC=O)c(=O)n(CC)c2cc(N)ccc12. The van der Waals surface area contributed by atoms with Gasteiger partial charge >= 0.3 is 0 Å². The van der Waals surface area contributed by atoms with E-state index < -0.39 is 5.56 Å². The van der Waals surface area contributed by atoms with Crippen LogP contribution in [0.2, 0.25) is 0 Å². The van der Waals surface area contributed by atoms with Crippen molar-refractivity contribution in [2.24, 2.45) is 0 Å². The molecule has 0 atom stereocenters. The molecule has 1 aromatic carbocycles. The number of aryl methyl sites for hydroxylation is 1. The topological polar surface area (TPSA) is 83.5 Å². The molecule has 0 aliphatic heterocycles. The number of benzene rings is 1. The van der Waals surface area contributed by atoms with E-state index in [4.69, 9.17) is 15.2 Å². The molecule has 2 aromatic rings. The van der Waals surface area contributed by atoms with E-state index in [0.717, 1.165) is 0 Å². The molecule has 122 valence electrons. The van der Waals surface area contributed by atoms with Crippen LogP contribution in [0.25, 0.3) is 10.9 Å². The van der Waals surface area contributed by atoms with E-state index in [1.165, 1.54) is 4.57 Å². The van der Waals surface area contributed by atoms with Gasteiger partial charge in [0.05, 0.1) is 11.3 Å². The van der Waals surface area contributed by atoms with Crippen LogP contribution in [0.1, 0.15) is 27.2 Å². The van der Waals surface area contributed by atoms with E-state index in [9.17, 15) is 9.59 Å². The number of anilines is 1. The summed E-state index contributed by atoms with van der Waals surface area (Å²) in [6.07, 6.45) is 2.45. The van der Waals surface area contributed by atoms with Gasteiger partial charge < -0.3 is 19.8 Å². The summed E-state index contributed by atoms with van der Waals surface area (Å²) in [5.74, 6) is 0.788. The molecule has 0 fully saturated rings. The number of nitrogens with two attached hydrogens (primary N) is 1. The first kappa shape index (κ1) is 16.6. The average molecular weight is 316 g/mol. The van der Waals surface area contributed by atoms with Crippen molar-refractivity contribution in [3.8, 4) is 11.5 Å². The highest BCUT2D eigenvalue weighted by Gasteiger charge is 2.20. The number of aromatic nitrogens is 1. The minimum Gasteiger partial charge on any atom is -0.457 e. The van der Waals surface area contributed by atoms with Crippen molar-refractivity contribution in [1.82, 2.24) is 4.57 Å². The zero-order valence-corrected chi connectivity index (χ0v) is 13.5. The zero-order valence-electron chi connectivity index (χ0n) is 13.5. The summed E-state index contributed by atoms with van der Waals surface area (Å²) in [6.45, 7) is 6.25. The minimum atomic E-state index is -0.431. The number of nitrogen functional groups attached to an aromatic ring is 1. The second-order valence-corrected chi connectivity index (χ2v) is 4.91. The van der Waals surface area contributed by atoms with Gasteiger partial charge in [-0.15, -0.1) is 0 Å². The van der Waals surface area contributed by atoms with E-state index in [2.05, 4.69) is 0 Å². The zero-order chi connectivity index (χ0) is 17.0. The van der Waals surface area contributed by atoms with Gasteiger partial charge in [-0.2, -0.15) is 0 Å². The summed E-state index contributed by atoms with van der Waals surface area (Å²) >= 11 is 0. The van der Waals surface area contributed by atoms with Gasteiger partial charge in [0.25, 0.3) is 12.0 Å². The van der Waals surface area contributed by atoms with Gasteiger partial charge in [0.15, 0.2) is 5.75 Å². The normalized spacial score (nSPS) is 11.5. The third kappa shape index (κ3) is 3.06. The van der Waals surface area contributed by atoms with Crippen LogP contribution in [0, 0.1) is 0 Å². The number of hydrogen-bond acceptors (Lipinski definition) is 5. The van der Waals surface area contributed by atoms with E-state index in [1.54, 1.807) is 24.3 Å². The van der Waals surface area contributed by atoms with Gasteiger partial charge in [0, 0.05) is 24.0 Å². The Morgan fingerprint density at radius 1 is 1.30 bits per heavy atom. The second-order valence-electron chi connectivity index (χ2n) is 4.91. The fourth-order valence-corrected chi connectivity index (χ4v) is 2.45. The second kappa shape index (κ2) is 7.00. The standard InChI is InChI=1S/C17H20N2O4/c1-4-12(5-2)23-15-13-8-7-11(18)9-14(13)19(6-3)17(21)16(15)22-10-20/h4,7-10H,5-6,18H2,1-3H3. The predicted octanol–water partition coefficient (Wildman–Crippen LogP) is 2.83. The van der Waals surface area contributed by atoms with Gasteiger partial charge in [-0.3, -0.25) is 9.59 Å². The number of hydrogen-bond donors (Lipinski definition) is 1. The maximum absolute atomic E-state index is 12.6. The molecule has 6 nitrogen and oxygen atoms in total. The monoisotopic (exact) mass is 316 g/mol. The third-order valence-corrected chi connectivity index (χ3v) is 3.59. The van der Waals surface area contributed by atoms with Crippen LogP contribution in [0.4, 0.5) is 5.69 Å². The number of pyridine rings is 1. The molecule has 0 unspecified atom stereocenters. The summed E-state index contributed by atoms with van der Waals surface area (Å²) in [4.78, 5) is 23.5. The first-order valence-electron chi connectivity index (χ1n) is 7.46. The molecule has 0 saturated carbocycles. The van der Waals surface area contributed by atoms with E-state index in [-0.39, 0.29) is 18.0 Å². The molecule has 0 bridgehead atoms. The lowest BCUT2D eigenvalue weighted by Crippen LogP contribution is -2.22. The van der Waals surface area contributed by atoms with Crippen molar-refractivity contribution in [1.29, 1.82) is 0 Å². The summed E-state index contributed by atoms with van der Waals surface area (Å²) in [7, 11) is 0. The Kier molecular flexibility index (Phi) is 5.05. The largest absolute Gasteiger partial charge is 0.457 e. The van der Waals surface area contributed by atoms with Crippen molar-refractivity contribution in [2.45, 2.75) is 33.7 Å². The summed E-state index contributed by atoms with van der Waals surface area (Å²) in [5.41, 5.74) is 6.59. The van der Waals surface area contributed by atoms with Gasteiger partial charge in [0.1, 0.15) is 0 Å². The van der Waals surface area contributed by atoms with Crippen LogP contribution < -0.4 is 20.8 Å². The van der Waals surface area contributed by atoms with Crippen molar-refractivity contribution < 1.29 is 14.3 Å². The molecular weight excluding hydrogens is 296 g/mol. The lowest BCUT2D eigenvalue weighted by molar-refractivity contribution is -0.120. The highest BCUT2D eigenvalue weighted by atomic mass is 16.5. The molecule has 0 aliphatic rings. The molecule has 0 saturated heterocycles. The average Bonchev–Trinajstić information content (AvgIpc) is 2.55. The number of fused-ring (bicyclic) bond motifs is 1. The molecule has 0 spiro atoms. The lowest BCUT2D eigenvalue weighted by atomic mass is 10.1. The number of ether oxygens (including phenoxy) is 2. The van der Waals surface area contributed by atoms with Crippen LogP contribution >= 0.6 is 0 Å². The fourth-order valence-electron chi connectivity index (χ4n) is 2.45. The molecular formula is C17H20N2O4. The third-order valence-electron chi connectivity index (χ3n) is 3.59. The highest BCUT2D eigenvalue weighted by Crippen LogP contribution is 2.35. The Hall–Kier alpha value is -2.76. The van der Waals surface area contributed by atoms with Gasteiger partial charge in [-0.25, -0.2) is 0 Å². The Bertz CT molecular complexity index is 821. The molecule has 6 heteroatoms. The maximum Gasteiger partial charge on any atom is 0.298 e. The number of allylic oxidation sites excluding steroid dienone is 2. The van der Waals surface area contributed by atoms with Gasteiger partial charge in [-0.05, 0) is 38.1 Å². The lowest BCUT2D eigenvalue weighted by Gasteiger charge is -2.17. The van der Waals surface area contributed by atoms with Crippen LogP contribution in [-0.2, 0) is 11.3 Å². The smallest absolute Gasteiger partial charge is 0.298 e. The molecule has 23 heavy (non-hydrogen) atoms. The van der Waals surface area contributed by atoms with Crippen molar-refractivity contribution >= 4 is 23.1 Å². The van der Waals surface area contributed by atoms with Crippen LogP contribution in [-0.4, -0.2) is 11.0 Å². The molecule has 1 aromatic heterocycles. The van der Waals surface area contributed by atoms with Crippen molar-refractivity contribution in [2.75, 3.05) is 5.73 Å². The maximum atomic E-state index is 12.6. The molecule has 1 heterocycles. The predicted molar refractivity (Wildman–Crippen MR) is 89.7 cm³/mol. The Labute approximate surface area is 134 Å². The van der Waals surface area contributed by atoms with Crippen LogP contribution in [0.3, 0.4) is 0 Å². The van der Waals surface area contributed by atoms with Crippen LogP contribution in [0.5, 0.6) is 11.5 Å². The molecule has 2 N–H and O–H groups in total. The molecule has 0 radical (unpaired) electrons. The quantitative estimate of drug-likeness (QED) is 0.503. The molecule has 0 aliphatic carbocycles. The summed E-state index contributed by atoms with van der Waals surface area (Å²) in [5, 5.41) is 0.658.